The quantitative estimate of drug-likeness (QED) is 0.615. The van der Waals surface area contributed by atoms with Crippen molar-refractivity contribution >= 4 is 17.4 Å². The highest BCUT2D eigenvalue weighted by Crippen LogP contribution is 2.35. The maximum atomic E-state index is 10.8. The van der Waals surface area contributed by atoms with E-state index >= 15 is 0 Å². The van der Waals surface area contributed by atoms with Crippen LogP contribution >= 0.6 is 11.8 Å². The van der Waals surface area contributed by atoms with Crippen molar-refractivity contribution in [2.45, 2.75) is 48.1 Å². The molecule has 118 valence electrons. The summed E-state index contributed by atoms with van der Waals surface area (Å²) in [5.41, 5.74) is 0.112. The fraction of sp³-hybridized carbons (Fsp3) is 0.400. The van der Waals surface area contributed by atoms with Crippen LogP contribution in [0.4, 0.5) is 5.69 Å². The Morgan fingerprint density at radius 2 is 2.09 bits per heavy atom. The number of hydrogen-bond donors (Lipinski definition) is 0. The van der Waals surface area contributed by atoms with E-state index in [0.717, 1.165) is 24.6 Å². The van der Waals surface area contributed by atoms with Gasteiger partial charge in [-0.05, 0) is 30.7 Å². The van der Waals surface area contributed by atoms with Crippen molar-refractivity contribution in [3.8, 4) is 6.07 Å². The molecule has 0 N–H and O–H groups in total. The molecule has 1 fully saturated rings. The molecule has 3 rings (SSSR count). The second-order valence-corrected chi connectivity index (χ2v) is 6.39. The maximum Gasteiger partial charge on any atom is 0.281 e. The fourth-order valence-electron chi connectivity index (χ4n) is 2.68. The van der Waals surface area contributed by atoms with Gasteiger partial charge in [-0.3, -0.25) is 10.1 Å². The molecule has 0 atom stereocenters. The van der Waals surface area contributed by atoms with Gasteiger partial charge in [-0.25, -0.2) is 0 Å². The van der Waals surface area contributed by atoms with Crippen molar-refractivity contribution in [3.63, 3.8) is 0 Å². The lowest BCUT2D eigenvalue weighted by Crippen LogP contribution is -2.04. The SMILES string of the molecule is N#Cc1cc([N+](=O)[O-])ccc1Sc1nnc(C2CCCCC2)o1. The highest BCUT2D eigenvalue weighted by molar-refractivity contribution is 7.99. The Kier molecular flexibility index (Phi) is 4.57. The third-order valence-electron chi connectivity index (χ3n) is 3.87. The van der Waals surface area contributed by atoms with Crippen LogP contribution in [0.1, 0.15) is 49.5 Å². The van der Waals surface area contributed by atoms with Crippen molar-refractivity contribution in [1.29, 1.82) is 5.26 Å². The minimum Gasteiger partial charge on any atom is -0.415 e. The van der Waals surface area contributed by atoms with E-state index in [1.807, 2.05) is 6.07 Å². The van der Waals surface area contributed by atoms with Crippen LogP contribution in [-0.4, -0.2) is 15.1 Å². The molecule has 7 nitrogen and oxygen atoms in total. The van der Waals surface area contributed by atoms with E-state index in [1.54, 1.807) is 0 Å². The second-order valence-electron chi connectivity index (χ2n) is 5.39. The summed E-state index contributed by atoms with van der Waals surface area (Å²) in [5.74, 6) is 0.963. The van der Waals surface area contributed by atoms with Crippen molar-refractivity contribution in [2.75, 3.05) is 0 Å². The molecule has 1 aliphatic carbocycles. The Hall–Kier alpha value is -2.40. The molecule has 0 unspecified atom stereocenters. The minimum atomic E-state index is -0.525. The molecular formula is C15H14N4O3S. The molecule has 1 saturated carbocycles. The van der Waals surface area contributed by atoms with Gasteiger partial charge in [0, 0.05) is 22.9 Å². The molecule has 0 bridgehead atoms. The predicted molar refractivity (Wildman–Crippen MR) is 82.1 cm³/mol. The molecule has 8 heteroatoms. The van der Waals surface area contributed by atoms with Gasteiger partial charge in [-0.1, -0.05) is 19.3 Å². The molecule has 0 radical (unpaired) electrons. The number of benzene rings is 1. The van der Waals surface area contributed by atoms with Gasteiger partial charge < -0.3 is 4.42 Å². The number of nitrogens with zero attached hydrogens (tertiary/aromatic N) is 4. The number of nitro benzene ring substituents is 1. The number of nitriles is 1. The van der Waals surface area contributed by atoms with Gasteiger partial charge in [0.05, 0.1) is 10.5 Å². The molecule has 1 aliphatic rings. The summed E-state index contributed by atoms with van der Waals surface area (Å²) in [7, 11) is 0. The topological polar surface area (TPSA) is 106 Å². The average molecular weight is 330 g/mol. The van der Waals surface area contributed by atoms with Crippen LogP contribution in [0.2, 0.25) is 0 Å². The van der Waals surface area contributed by atoms with Gasteiger partial charge in [0.25, 0.3) is 10.9 Å². The van der Waals surface area contributed by atoms with Crippen molar-refractivity contribution in [3.05, 3.63) is 39.8 Å². The second kappa shape index (κ2) is 6.79. The highest BCUT2D eigenvalue weighted by Gasteiger charge is 2.22. The highest BCUT2D eigenvalue weighted by atomic mass is 32.2. The molecule has 1 heterocycles. The Morgan fingerprint density at radius 1 is 1.30 bits per heavy atom. The van der Waals surface area contributed by atoms with Crippen LogP contribution in [0, 0.1) is 21.4 Å². The predicted octanol–water partition coefficient (Wildman–Crippen LogP) is 4.05. The fourth-order valence-corrected chi connectivity index (χ4v) is 3.43. The number of rotatable bonds is 4. The van der Waals surface area contributed by atoms with Crippen molar-refractivity contribution < 1.29 is 9.34 Å². The first kappa shape index (κ1) is 15.5. The lowest BCUT2D eigenvalue weighted by Gasteiger charge is -2.17. The van der Waals surface area contributed by atoms with E-state index in [2.05, 4.69) is 10.2 Å². The van der Waals surface area contributed by atoms with E-state index < -0.39 is 4.92 Å². The lowest BCUT2D eigenvalue weighted by atomic mass is 9.89. The van der Waals surface area contributed by atoms with Gasteiger partial charge in [-0.15, -0.1) is 10.2 Å². The molecule has 2 aromatic rings. The number of hydrogen-bond acceptors (Lipinski definition) is 7. The smallest absolute Gasteiger partial charge is 0.281 e. The molecule has 0 aliphatic heterocycles. The molecular weight excluding hydrogens is 316 g/mol. The van der Waals surface area contributed by atoms with Crippen LogP contribution in [0.15, 0.2) is 32.7 Å². The largest absolute Gasteiger partial charge is 0.415 e. The Labute approximate surface area is 136 Å². The summed E-state index contributed by atoms with van der Waals surface area (Å²) in [6.07, 6.45) is 5.73. The van der Waals surface area contributed by atoms with Gasteiger partial charge in [0.1, 0.15) is 6.07 Å². The van der Waals surface area contributed by atoms with Crippen molar-refractivity contribution in [2.24, 2.45) is 0 Å². The Balaban J connectivity index is 1.78. The van der Waals surface area contributed by atoms with Gasteiger partial charge in [0.2, 0.25) is 5.89 Å². The van der Waals surface area contributed by atoms with E-state index in [9.17, 15) is 10.1 Å². The van der Waals surface area contributed by atoms with E-state index in [-0.39, 0.29) is 11.3 Å². The summed E-state index contributed by atoms with van der Waals surface area (Å²) in [6, 6.07) is 6.11. The van der Waals surface area contributed by atoms with E-state index in [4.69, 9.17) is 9.68 Å². The summed E-state index contributed by atoms with van der Waals surface area (Å²) < 4.78 is 5.70. The van der Waals surface area contributed by atoms with Crippen LogP contribution < -0.4 is 0 Å². The van der Waals surface area contributed by atoms with Crippen LogP contribution in [-0.2, 0) is 0 Å². The van der Waals surface area contributed by atoms with Crippen molar-refractivity contribution in [1.82, 2.24) is 10.2 Å². The molecule has 23 heavy (non-hydrogen) atoms. The normalized spacial score (nSPS) is 15.3. The zero-order chi connectivity index (χ0) is 16.2. The molecule has 0 spiro atoms. The monoisotopic (exact) mass is 330 g/mol. The zero-order valence-corrected chi connectivity index (χ0v) is 13.1. The van der Waals surface area contributed by atoms with Crippen LogP contribution in [0.3, 0.4) is 0 Å². The zero-order valence-electron chi connectivity index (χ0n) is 12.3. The molecule has 1 aromatic carbocycles. The van der Waals surface area contributed by atoms with E-state index in [1.165, 1.54) is 37.5 Å². The minimum absolute atomic E-state index is 0.112. The maximum absolute atomic E-state index is 10.8. The first-order chi connectivity index (χ1) is 11.2. The number of aromatic nitrogens is 2. The number of nitro groups is 1. The molecule has 0 saturated heterocycles. The first-order valence-corrected chi connectivity index (χ1v) is 8.19. The summed E-state index contributed by atoms with van der Waals surface area (Å²) in [5, 5.41) is 28.4. The third-order valence-corrected chi connectivity index (χ3v) is 4.78. The molecule has 1 aromatic heterocycles. The van der Waals surface area contributed by atoms with Gasteiger partial charge in [-0.2, -0.15) is 5.26 Å². The summed E-state index contributed by atoms with van der Waals surface area (Å²) >= 11 is 1.16. The number of non-ortho nitro benzene ring substituents is 1. The standard InChI is InChI=1S/C15H14N4O3S/c16-9-11-8-12(19(20)21)6-7-13(11)23-15-18-17-14(22-15)10-4-2-1-3-5-10/h6-8,10H,1-5H2. The Morgan fingerprint density at radius 3 is 2.78 bits per heavy atom. The lowest BCUT2D eigenvalue weighted by molar-refractivity contribution is -0.384. The van der Waals surface area contributed by atoms with E-state index in [0.29, 0.717) is 21.9 Å². The Bertz CT molecular complexity index is 762. The van der Waals surface area contributed by atoms with Gasteiger partial charge >= 0.3 is 0 Å². The van der Waals surface area contributed by atoms with Crippen LogP contribution in [0.25, 0.3) is 0 Å². The summed E-state index contributed by atoms with van der Waals surface area (Å²) in [4.78, 5) is 10.8. The first-order valence-electron chi connectivity index (χ1n) is 7.37. The van der Waals surface area contributed by atoms with Crippen LogP contribution in [0.5, 0.6) is 0 Å². The molecule has 0 amide bonds. The third kappa shape index (κ3) is 3.51. The van der Waals surface area contributed by atoms with Gasteiger partial charge in [0.15, 0.2) is 0 Å². The summed E-state index contributed by atoms with van der Waals surface area (Å²) in [6.45, 7) is 0. The average Bonchev–Trinajstić information content (AvgIpc) is 3.04.